The van der Waals surface area contributed by atoms with Crippen LogP contribution in [0.15, 0.2) is 0 Å². The van der Waals surface area contributed by atoms with E-state index in [1.54, 1.807) is 21.5 Å². The highest BCUT2D eigenvalue weighted by atomic mass is 16.5. The van der Waals surface area contributed by atoms with Gasteiger partial charge in [-0.15, -0.1) is 0 Å². The number of ether oxygens (including phenoxy) is 1. The van der Waals surface area contributed by atoms with Crippen molar-refractivity contribution in [1.82, 2.24) is 19.6 Å². The minimum Gasteiger partial charge on any atom is -0.375 e. The Balaban J connectivity index is 2.16. The third kappa shape index (κ3) is 2.67. The SMILES string of the molecule is COCC(=O)N1Cc2c(CN(C)C(C)=O)nn(C)c2C1. The molecule has 7 heteroatoms. The van der Waals surface area contributed by atoms with Gasteiger partial charge in [-0.2, -0.15) is 5.10 Å². The van der Waals surface area contributed by atoms with Gasteiger partial charge < -0.3 is 14.5 Å². The van der Waals surface area contributed by atoms with Crippen LogP contribution in [0.3, 0.4) is 0 Å². The second kappa shape index (κ2) is 5.62. The number of fused-ring (bicyclic) bond motifs is 1. The summed E-state index contributed by atoms with van der Waals surface area (Å²) in [6.45, 7) is 3.16. The Labute approximate surface area is 118 Å². The average molecular weight is 280 g/mol. The molecule has 0 atom stereocenters. The number of carbonyl (C=O) groups is 2. The van der Waals surface area contributed by atoms with Crippen LogP contribution in [0.2, 0.25) is 0 Å². The minimum absolute atomic E-state index is 0.00489. The molecular formula is C13H20N4O3. The zero-order chi connectivity index (χ0) is 14.9. The molecule has 0 spiro atoms. The van der Waals surface area contributed by atoms with Crippen molar-refractivity contribution < 1.29 is 14.3 Å². The van der Waals surface area contributed by atoms with Gasteiger partial charge in [-0.1, -0.05) is 0 Å². The first kappa shape index (κ1) is 14.5. The Kier molecular flexibility index (Phi) is 4.08. The van der Waals surface area contributed by atoms with Crippen molar-refractivity contribution >= 4 is 11.8 Å². The average Bonchev–Trinajstić information content (AvgIpc) is 2.92. The largest absolute Gasteiger partial charge is 0.375 e. The summed E-state index contributed by atoms with van der Waals surface area (Å²) in [6.07, 6.45) is 0. The van der Waals surface area contributed by atoms with Crippen molar-refractivity contribution in [2.45, 2.75) is 26.6 Å². The lowest BCUT2D eigenvalue weighted by Crippen LogP contribution is -2.30. The summed E-state index contributed by atoms with van der Waals surface area (Å²) in [7, 11) is 5.11. The molecule has 110 valence electrons. The summed E-state index contributed by atoms with van der Waals surface area (Å²) in [5, 5.41) is 4.45. The van der Waals surface area contributed by atoms with E-state index in [0.717, 1.165) is 17.0 Å². The topological polar surface area (TPSA) is 67.7 Å². The second-order valence-corrected chi connectivity index (χ2v) is 5.05. The Hall–Kier alpha value is -1.89. The maximum absolute atomic E-state index is 11.9. The molecule has 2 amide bonds. The third-order valence-corrected chi connectivity index (χ3v) is 3.59. The standard InChI is InChI=1S/C13H20N4O3/c1-9(18)15(2)6-11-10-5-17(13(19)8-20-4)7-12(10)16(3)14-11/h5-8H2,1-4H3. The number of nitrogens with zero attached hydrogens (tertiary/aromatic N) is 4. The Morgan fingerprint density at radius 3 is 2.70 bits per heavy atom. The van der Waals surface area contributed by atoms with Crippen LogP contribution in [-0.4, -0.2) is 52.2 Å². The molecule has 0 saturated carbocycles. The molecule has 0 N–H and O–H groups in total. The quantitative estimate of drug-likeness (QED) is 0.771. The van der Waals surface area contributed by atoms with Gasteiger partial charge in [0.15, 0.2) is 0 Å². The number of hydrogen-bond donors (Lipinski definition) is 0. The van der Waals surface area contributed by atoms with Crippen molar-refractivity contribution in [1.29, 1.82) is 0 Å². The highest BCUT2D eigenvalue weighted by molar-refractivity contribution is 5.78. The highest BCUT2D eigenvalue weighted by Crippen LogP contribution is 2.26. The van der Waals surface area contributed by atoms with E-state index in [9.17, 15) is 9.59 Å². The molecule has 1 aromatic rings. The van der Waals surface area contributed by atoms with E-state index in [2.05, 4.69) is 5.10 Å². The molecule has 20 heavy (non-hydrogen) atoms. The van der Waals surface area contributed by atoms with Crippen LogP contribution in [0.5, 0.6) is 0 Å². The van der Waals surface area contributed by atoms with Crippen LogP contribution < -0.4 is 0 Å². The van der Waals surface area contributed by atoms with Crippen molar-refractivity contribution in [2.75, 3.05) is 20.8 Å². The summed E-state index contributed by atoms with van der Waals surface area (Å²) < 4.78 is 6.67. The number of carbonyl (C=O) groups excluding carboxylic acids is 2. The van der Waals surface area contributed by atoms with Crippen molar-refractivity contribution in [3.8, 4) is 0 Å². The summed E-state index contributed by atoms with van der Waals surface area (Å²) in [5.74, 6) is -0.0377. The molecular weight excluding hydrogens is 260 g/mol. The van der Waals surface area contributed by atoms with E-state index < -0.39 is 0 Å². The van der Waals surface area contributed by atoms with E-state index in [1.807, 2.05) is 7.05 Å². The van der Waals surface area contributed by atoms with Gasteiger partial charge in [-0.25, -0.2) is 0 Å². The first-order valence-electron chi connectivity index (χ1n) is 6.46. The fourth-order valence-electron chi connectivity index (χ4n) is 2.33. The van der Waals surface area contributed by atoms with Gasteiger partial charge in [0.25, 0.3) is 0 Å². The molecule has 0 radical (unpaired) electrons. The van der Waals surface area contributed by atoms with Gasteiger partial charge in [0.05, 0.1) is 24.5 Å². The van der Waals surface area contributed by atoms with E-state index >= 15 is 0 Å². The number of aromatic nitrogens is 2. The Bertz CT molecular complexity index is 538. The molecule has 0 bridgehead atoms. The van der Waals surface area contributed by atoms with Crippen LogP contribution in [0.25, 0.3) is 0 Å². The number of aryl methyl sites for hydroxylation is 1. The monoisotopic (exact) mass is 280 g/mol. The zero-order valence-corrected chi connectivity index (χ0v) is 12.3. The molecule has 2 rings (SSSR count). The van der Waals surface area contributed by atoms with Crippen LogP contribution in [0, 0.1) is 0 Å². The van der Waals surface area contributed by atoms with Crippen molar-refractivity contribution in [3.05, 3.63) is 17.0 Å². The summed E-state index contributed by atoms with van der Waals surface area (Å²) >= 11 is 0. The van der Waals surface area contributed by atoms with Gasteiger partial charge in [0, 0.05) is 40.2 Å². The minimum atomic E-state index is -0.0328. The Morgan fingerprint density at radius 1 is 1.40 bits per heavy atom. The number of amides is 2. The first-order chi connectivity index (χ1) is 9.43. The van der Waals surface area contributed by atoms with Gasteiger partial charge in [-0.3, -0.25) is 14.3 Å². The molecule has 0 unspecified atom stereocenters. The lowest BCUT2D eigenvalue weighted by atomic mass is 10.2. The van der Waals surface area contributed by atoms with Crippen LogP contribution in [-0.2, 0) is 41.0 Å². The highest BCUT2D eigenvalue weighted by Gasteiger charge is 2.29. The van der Waals surface area contributed by atoms with Crippen molar-refractivity contribution in [3.63, 3.8) is 0 Å². The van der Waals surface area contributed by atoms with Crippen molar-refractivity contribution in [2.24, 2.45) is 7.05 Å². The first-order valence-corrected chi connectivity index (χ1v) is 6.46. The molecule has 0 aromatic carbocycles. The molecule has 1 aromatic heterocycles. The molecule has 2 heterocycles. The number of rotatable bonds is 4. The molecule has 0 fully saturated rings. The maximum Gasteiger partial charge on any atom is 0.249 e. The summed E-state index contributed by atoms with van der Waals surface area (Å²) in [5.41, 5.74) is 2.93. The maximum atomic E-state index is 11.9. The van der Waals surface area contributed by atoms with E-state index in [0.29, 0.717) is 19.6 Å². The van der Waals surface area contributed by atoms with Gasteiger partial charge in [0.2, 0.25) is 11.8 Å². The van der Waals surface area contributed by atoms with Gasteiger partial charge in [-0.05, 0) is 0 Å². The predicted molar refractivity (Wildman–Crippen MR) is 71.5 cm³/mol. The van der Waals surface area contributed by atoms with E-state index in [4.69, 9.17) is 4.74 Å². The van der Waals surface area contributed by atoms with E-state index in [1.165, 1.54) is 14.0 Å². The van der Waals surface area contributed by atoms with Gasteiger partial charge in [0.1, 0.15) is 6.61 Å². The second-order valence-electron chi connectivity index (χ2n) is 5.05. The van der Waals surface area contributed by atoms with Crippen LogP contribution in [0.1, 0.15) is 23.9 Å². The van der Waals surface area contributed by atoms with Crippen LogP contribution >= 0.6 is 0 Å². The number of hydrogen-bond acceptors (Lipinski definition) is 4. The third-order valence-electron chi connectivity index (χ3n) is 3.59. The molecule has 0 saturated heterocycles. The fourth-order valence-corrected chi connectivity index (χ4v) is 2.33. The zero-order valence-electron chi connectivity index (χ0n) is 12.3. The molecule has 0 aliphatic carbocycles. The van der Waals surface area contributed by atoms with Gasteiger partial charge >= 0.3 is 0 Å². The van der Waals surface area contributed by atoms with Crippen LogP contribution in [0.4, 0.5) is 0 Å². The Morgan fingerprint density at radius 2 is 2.10 bits per heavy atom. The lowest BCUT2D eigenvalue weighted by molar-refractivity contribution is -0.135. The summed E-state index contributed by atoms with van der Waals surface area (Å²) in [4.78, 5) is 26.6. The molecule has 7 nitrogen and oxygen atoms in total. The molecule has 1 aliphatic rings. The normalized spacial score (nSPS) is 13.5. The fraction of sp³-hybridized carbons (Fsp3) is 0.615. The summed E-state index contributed by atoms with van der Waals surface area (Å²) in [6, 6.07) is 0. The molecule has 1 aliphatic heterocycles. The lowest BCUT2D eigenvalue weighted by Gasteiger charge is -2.17. The predicted octanol–water partition coefficient (Wildman–Crippen LogP) is -0.113. The smallest absolute Gasteiger partial charge is 0.249 e. The number of methoxy groups -OCH3 is 1. The van der Waals surface area contributed by atoms with E-state index in [-0.39, 0.29) is 18.4 Å².